The van der Waals surface area contributed by atoms with E-state index in [2.05, 4.69) is 72.6 Å². The molecule has 1 saturated heterocycles. The van der Waals surface area contributed by atoms with Gasteiger partial charge in [-0.05, 0) is 81.8 Å². The van der Waals surface area contributed by atoms with E-state index in [0.29, 0.717) is 0 Å². The van der Waals surface area contributed by atoms with Gasteiger partial charge in [0.25, 0.3) is 0 Å². The van der Waals surface area contributed by atoms with Crippen LogP contribution in [0.5, 0.6) is 5.75 Å². The number of nitrogens with one attached hydrogen (secondary N) is 1. The number of para-hydroxylation sites is 1. The Balaban J connectivity index is 0.00000145. The number of rotatable bonds is 9. The van der Waals surface area contributed by atoms with Crippen LogP contribution in [0.4, 0.5) is 5.69 Å². The van der Waals surface area contributed by atoms with E-state index in [0.717, 1.165) is 31.7 Å². The van der Waals surface area contributed by atoms with Crippen LogP contribution in [0.15, 0.2) is 48.5 Å². The second-order valence-electron chi connectivity index (χ2n) is 7.77. The van der Waals surface area contributed by atoms with Gasteiger partial charge in [0.05, 0.1) is 6.10 Å². The summed E-state index contributed by atoms with van der Waals surface area (Å²) < 4.78 is 5.92. The van der Waals surface area contributed by atoms with Crippen molar-refractivity contribution in [1.29, 1.82) is 0 Å². The number of anilines is 1. The van der Waals surface area contributed by atoms with Crippen LogP contribution in [0.3, 0.4) is 0 Å². The van der Waals surface area contributed by atoms with Gasteiger partial charge < -0.3 is 19.7 Å². The van der Waals surface area contributed by atoms with E-state index in [1.54, 1.807) is 0 Å². The average Bonchev–Trinajstić information content (AvgIpc) is 2.76. The molecule has 1 heterocycles. The molecule has 158 valence electrons. The quantitative estimate of drug-likeness (QED) is 0.606. The van der Waals surface area contributed by atoms with Gasteiger partial charge in [-0.15, -0.1) is 0 Å². The maximum absolute atomic E-state index is 8.00. The Morgan fingerprint density at radius 2 is 1.79 bits per heavy atom. The zero-order valence-corrected chi connectivity index (χ0v) is 18.0. The maximum atomic E-state index is 8.00. The van der Waals surface area contributed by atoms with Crippen molar-refractivity contribution >= 4 is 12.5 Å². The lowest BCUT2D eigenvalue weighted by Gasteiger charge is -2.29. The van der Waals surface area contributed by atoms with Crippen LogP contribution in [-0.4, -0.2) is 32.5 Å². The van der Waals surface area contributed by atoms with Gasteiger partial charge in [0, 0.05) is 25.3 Å². The number of carbonyl (C=O) groups excluding carboxylic acids is 1. The van der Waals surface area contributed by atoms with Gasteiger partial charge in [-0.3, -0.25) is 0 Å². The SMILES string of the molecule is C=O.CC(C)Oc1ccccc1CCCNCc1cccc(N2CCCCC2)c1. The van der Waals surface area contributed by atoms with Crippen LogP contribution in [0, 0.1) is 0 Å². The fraction of sp³-hybridized carbons (Fsp3) is 0.480. The van der Waals surface area contributed by atoms with Gasteiger partial charge in [0.1, 0.15) is 12.5 Å². The Morgan fingerprint density at radius 1 is 1.03 bits per heavy atom. The summed E-state index contributed by atoms with van der Waals surface area (Å²) in [6, 6.07) is 17.4. The van der Waals surface area contributed by atoms with E-state index in [-0.39, 0.29) is 6.10 Å². The number of benzene rings is 2. The van der Waals surface area contributed by atoms with Crippen molar-refractivity contribution in [1.82, 2.24) is 5.32 Å². The maximum Gasteiger partial charge on any atom is 0.122 e. The molecule has 2 aromatic rings. The van der Waals surface area contributed by atoms with Crippen LogP contribution in [0.25, 0.3) is 0 Å². The first-order chi connectivity index (χ1) is 14.2. The molecule has 0 saturated carbocycles. The standard InChI is InChI=1S/C24H34N2O.CH2O/c1-20(2)27-24-14-5-4-11-22(24)12-9-15-25-19-21-10-8-13-23(18-21)26-16-6-3-7-17-26;1-2/h4-5,8,10-11,13-14,18,20,25H,3,6-7,9,12,15-17,19H2,1-2H3;1H2. The Kier molecular flexibility index (Phi) is 10.3. The molecule has 1 fully saturated rings. The molecule has 0 amide bonds. The smallest absolute Gasteiger partial charge is 0.122 e. The lowest BCUT2D eigenvalue weighted by molar-refractivity contribution is -0.0979. The molecule has 0 atom stereocenters. The summed E-state index contributed by atoms with van der Waals surface area (Å²) in [5.41, 5.74) is 4.07. The Morgan fingerprint density at radius 3 is 2.55 bits per heavy atom. The van der Waals surface area contributed by atoms with Gasteiger partial charge >= 0.3 is 0 Å². The first kappa shape index (κ1) is 23.0. The van der Waals surface area contributed by atoms with E-state index in [1.807, 2.05) is 6.79 Å². The number of piperidine rings is 1. The summed E-state index contributed by atoms with van der Waals surface area (Å²) >= 11 is 0. The fourth-order valence-corrected chi connectivity index (χ4v) is 3.73. The Bertz CT molecular complexity index is 711. The highest BCUT2D eigenvalue weighted by Gasteiger charge is 2.11. The lowest BCUT2D eigenvalue weighted by atomic mass is 10.1. The second kappa shape index (κ2) is 13.0. The van der Waals surface area contributed by atoms with E-state index in [4.69, 9.17) is 9.53 Å². The van der Waals surface area contributed by atoms with Gasteiger partial charge in [0.2, 0.25) is 0 Å². The Hall–Kier alpha value is -2.33. The van der Waals surface area contributed by atoms with Gasteiger partial charge in [-0.25, -0.2) is 0 Å². The van der Waals surface area contributed by atoms with Crippen molar-refractivity contribution in [3.8, 4) is 5.75 Å². The molecule has 0 unspecified atom stereocenters. The number of carbonyl (C=O) groups is 1. The topological polar surface area (TPSA) is 41.6 Å². The van der Waals surface area contributed by atoms with E-state index in [1.165, 1.54) is 49.2 Å². The number of aryl methyl sites for hydroxylation is 1. The number of nitrogens with zero attached hydrogens (tertiary/aromatic N) is 1. The summed E-state index contributed by atoms with van der Waals surface area (Å²) in [5.74, 6) is 1.03. The van der Waals surface area contributed by atoms with Gasteiger partial charge in [0.15, 0.2) is 0 Å². The highest BCUT2D eigenvalue weighted by atomic mass is 16.5. The monoisotopic (exact) mass is 396 g/mol. The predicted molar refractivity (Wildman–Crippen MR) is 122 cm³/mol. The van der Waals surface area contributed by atoms with Gasteiger partial charge in [-0.1, -0.05) is 30.3 Å². The Labute approximate surface area is 176 Å². The molecule has 4 heteroatoms. The van der Waals surface area contributed by atoms with Crippen LogP contribution >= 0.6 is 0 Å². The molecule has 29 heavy (non-hydrogen) atoms. The van der Waals surface area contributed by atoms with Crippen LogP contribution in [0.2, 0.25) is 0 Å². The predicted octanol–water partition coefficient (Wildman–Crippen LogP) is 5.00. The van der Waals surface area contributed by atoms with Crippen molar-refractivity contribution in [3.05, 3.63) is 59.7 Å². The van der Waals surface area contributed by atoms with Crippen molar-refractivity contribution in [2.24, 2.45) is 0 Å². The largest absolute Gasteiger partial charge is 0.491 e. The molecule has 3 rings (SSSR count). The summed E-state index contributed by atoms with van der Waals surface area (Å²) in [4.78, 5) is 10.5. The van der Waals surface area contributed by atoms with Gasteiger partial charge in [-0.2, -0.15) is 0 Å². The van der Waals surface area contributed by atoms with Crippen LogP contribution in [-0.2, 0) is 17.8 Å². The third-order valence-electron chi connectivity index (χ3n) is 5.10. The number of ether oxygens (including phenoxy) is 1. The van der Waals surface area contributed by atoms with Crippen molar-refractivity contribution in [2.45, 2.75) is 58.6 Å². The molecule has 0 radical (unpaired) electrons. The number of hydrogen-bond donors (Lipinski definition) is 1. The van der Waals surface area contributed by atoms with Crippen LogP contribution < -0.4 is 15.0 Å². The molecule has 0 aromatic heterocycles. The van der Waals surface area contributed by atoms with E-state index in [9.17, 15) is 0 Å². The minimum atomic E-state index is 0.219. The molecular weight excluding hydrogens is 360 g/mol. The van der Waals surface area contributed by atoms with Crippen LogP contribution in [0.1, 0.15) is 50.7 Å². The third kappa shape index (κ3) is 7.90. The summed E-state index contributed by atoms with van der Waals surface area (Å²) in [6.07, 6.45) is 6.41. The first-order valence-electron chi connectivity index (χ1n) is 10.8. The molecule has 1 N–H and O–H groups in total. The molecular formula is C25H36N2O2. The lowest BCUT2D eigenvalue weighted by Crippen LogP contribution is -2.29. The fourth-order valence-electron chi connectivity index (χ4n) is 3.73. The van der Waals surface area contributed by atoms with Crippen molar-refractivity contribution in [2.75, 3.05) is 24.5 Å². The molecule has 1 aliphatic rings. The van der Waals surface area contributed by atoms with E-state index >= 15 is 0 Å². The second-order valence-corrected chi connectivity index (χ2v) is 7.77. The summed E-state index contributed by atoms with van der Waals surface area (Å²) in [5, 5.41) is 3.60. The number of hydrogen-bond acceptors (Lipinski definition) is 4. The summed E-state index contributed by atoms with van der Waals surface area (Å²) in [6.45, 7) is 10.5. The third-order valence-corrected chi connectivity index (χ3v) is 5.10. The average molecular weight is 397 g/mol. The zero-order chi connectivity index (χ0) is 20.9. The zero-order valence-electron chi connectivity index (χ0n) is 18.0. The summed E-state index contributed by atoms with van der Waals surface area (Å²) in [7, 11) is 0. The normalized spacial score (nSPS) is 13.7. The molecule has 1 aliphatic heterocycles. The molecule has 0 spiro atoms. The molecule has 4 nitrogen and oxygen atoms in total. The minimum Gasteiger partial charge on any atom is -0.491 e. The minimum absolute atomic E-state index is 0.219. The molecule has 0 bridgehead atoms. The molecule has 2 aromatic carbocycles. The van der Waals surface area contributed by atoms with Crippen molar-refractivity contribution in [3.63, 3.8) is 0 Å². The van der Waals surface area contributed by atoms with E-state index < -0.39 is 0 Å². The molecule has 0 aliphatic carbocycles. The van der Waals surface area contributed by atoms with Crippen molar-refractivity contribution < 1.29 is 9.53 Å². The first-order valence-corrected chi connectivity index (χ1v) is 10.8. The highest BCUT2D eigenvalue weighted by molar-refractivity contribution is 5.48. The highest BCUT2D eigenvalue weighted by Crippen LogP contribution is 2.22.